The molecule has 0 spiro atoms. The highest BCUT2D eigenvalue weighted by Gasteiger charge is 2.07. The lowest BCUT2D eigenvalue weighted by molar-refractivity contribution is 0.461. The van der Waals surface area contributed by atoms with Crippen LogP contribution in [0.15, 0.2) is 36.7 Å². The minimum absolute atomic E-state index is 0.305. The van der Waals surface area contributed by atoms with E-state index in [1.54, 1.807) is 18.5 Å². The summed E-state index contributed by atoms with van der Waals surface area (Å²) in [5.74, 6) is 0.875. The molecule has 2 aromatic rings. The lowest BCUT2D eigenvalue weighted by atomic mass is 10.2. The van der Waals surface area contributed by atoms with Gasteiger partial charge in [0.15, 0.2) is 0 Å². The molecule has 0 aliphatic rings. The Morgan fingerprint density at radius 3 is 2.90 bits per heavy atom. The summed E-state index contributed by atoms with van der Waals surface area (Å²) in [6.07, 6.45) is 4.46. The van der Waals surface area contributed by atoms with E-state index >= 15 is 0 Å². The molecule has 0 aliphatic heterocycles. The summed E-state index contributed by atoms with van der Waals surface area (Å²) in [4.78, 5) is 4.08. The zero-order valence-electron chi connectivity index (χ0n) is 11.8. The molecule has 20 heavy (non-hydrogen) atoms. The zero-order chi connectivity index (χ0) is 14.4. The summed E-state index contributed by atoms with van der Waals surface area (Å²) in [5.41, 5.74) is 1.90. The van der Waals surface area contributed by atoms with E-state index in [1.165, 1.54) is 12.1 Å². The summed E-state index contributed by atoms with van der Waals surface area (Å²) >= 11 is 0. The molecule has 0 atom stereocenters. The van der Waals surface area contributed by atoms with E-state index in [1.807, 2.05) is 13.0 Å². The summed E-state index contributed by atoms with van der Waals surface area (Å²) in [6.45, 7) is 5.66. The molecule has 4 heteroatoms. The first kappa shape index (κ1) is 14.5. The molecule has 0 unspecified atom stereocenters. The predicted octanol–water partition coefficient (Wildman–Crippen LogP) is 3.82. The number of hydrogen-bond acceptors (Lipinski definition) is 3. The molecule has 1 heterocycles. The fourth-order valence-corrected chi connectivity index (χ4v) is 1.85. The van der Waals surface area contributed by atoms with Crippen LogP contribution in [0, 0.1) is 12.7 Å². The highest BCUT2D eigenvalue weighted by Crippen LogP contribution is 2.27. The molecule has 0 radical (unpaired) electrons. The molecule has 1 aromatic carbocycles. The van der Waals surface area contributed by atoms with Crippen molar-refractivity contribution >= 4 is 0 Å². The van der Waals surface area contributed by atoms with Gasteiger partial charge in [-0.05, 0) is 37.6 Å². The van der Waals surface area contributed by atoms with E-state index in [4.69, 9.17) is 4.74 Å². The van der Waals surface area contributed by atoms with Crippen molar-refractivity contribution in [2.24, 2.45) is 0 Å². The summed E-state index contributed by atoms with van der Waals surface area (Å²) < 4.78 is 19.1. The number of aromatic nitrogens is 1. The lowest BCUT2D eigenvalue weighted by Crippen LogP contribution is -2.14. The van der Waals surface area contributed by atoms with Crippen LogP contribution in [0.2, 0.25) is 0 Å². The second-order valence-corrected chi connectivity index (χ2v) is 4.67. The lowest BCUT2D eigenvalue weighted by Gasteiger charge is -2.12. The first-order valence-corrected chi connectivity index (χ1v) is 6.78. The van der Waals surface area contributed by atoms with Gasteiger partial charge in [-0.15, -0.1) is 0 Å². The van der Waals surface area contributed by atoms with Gasteiger partial charge < -0.3 is 10.1 Å². The van der Waals surface area contributed by atoms with Crippen molar-refractivity contribution in [3.63, 3.8) is 0 Å². The Hall–Kier alpha value is -1.94. The van der Waals surface area contributed by atoms with Crippen LogP contribution in [-0.4, -0.2) is 11.5 Å². The number of nitrogens with zero attached hydrogens (tertiary/aromatic N) is 1. The summed E-state index contributed by atoms with van der Waals surface area (Å²) in [6, 6.07) is 6.43. The van der Waals surface area contributed by atoms with Crippen molar-refractivity contribution in [3.05, 3.63) is 53.6 Å². The predicted molar refractivity (Wildman–Crippen MR) is 77.4 cm³/mol. The maximum atomic E-state index is 13.3. The Bertz CT molecular complexity index is 572. The van der Waals surface area contributed by atoms with Gasteiger partial charge in [-0.25, -0.2) is 4.39 Å². The van der Waals surface area contributed by atoms with Crippen molar-refractivity contribution < 1.29 is 9.13 Å². The van der Waals surface area contributed by atoms with Crippen LogP contribution in [0.3, 0.4) is 0 Å². The molecule has 106 valence electrons. The van der Waals surface area contributed by atoms with Gasteiger partial charge in [-0.2, -0.15) is 0 Å². The van der Waals surface area contributed by atoms with Gasteiger partial charge in [-0.3, -0.25) is 4.98 Å². The first-order chi connectivity index (χ1) is 9.70. The third-order valence-corrected chi connectivity index (χ3v) is 2.98. The van der Waals surface area contributed by atoms with Crippen LogP contribution >= 0.6 is 0 Å². The number of hydrogen-bond donors (Lipinski definition) is 1. The molecule has 1 N–H and O–H groups in total. The normalized spacial score (nSPS) is 10.6. The molecular formula is C16H19FN2O. The van der Waals surface area contributed by atoms with Crippen molar-refractivity contribution in [2.45, 2.75) is 26.8 Å². The van der Waals surface area contributed by atoms with Gasteiger partial charge in [0, 0.05) is 24.4 Å². The molecule has 2 rings (SSSR count). The van der Waals surface area contributed by atoms with Crippen LogP contribution < -0.4 is 10.1 Å². The molecule has 0 aliphatic carbocycles. The van der Waals surface area contributed by atoms with Crippen LogP contribution in [-0.2, 0) is 6.54 Å². The largest absolute Gasteiger partial charge is 0.455 e. The van der Waals surface area contributed by atoms with Crippen molar-refractivity contribution in [1.82, 2.24) is 10.3 Å². The van der Waals surface area contributed by atoms with Crippen molar-refractivity contribution in [1.29, 1.82) is 0 Å². The van der Waals surface area contributed by atoms with Gasteiger partial charge in [0.05, 0.1) is 6.20 Å². The monoisotopic (exact) mass is 274 g/mol. The molecule has 1 aromatic heterocycles. The van der Waals surface area contributed by atoms with Gasteiger partial charge in [0.2, 0.25) is 0 Å². The molecule has 0 saturated heterocycles. The Kier molecular flexibility index (Phi) is 5.07. The average Bonchev–Trinajstić information content (AvgIpc) is 2.45. The molecule has 0 bridgehead atoms. The van der Waals surface area contributed by atoms with Crippen molar-refractivity contribution in [2.75, 3.05) is 6.54 Å². The SMILES string of the molecule is CCCNCc1ccncc1Oc1cc(F)ccc1C. The highest BCUT2D eigenvalue weighted by atomic mass is 19.1. The Morgan fingerprint density at radius 2 is 2.10 bits per heavy atom. The van der Waals surface area contributed by atoms with Crippen molar-refractivity contribution in [3.8, 4) is 11.5 Å². The topological polar surface area (TPSA) is 34.2 Å². The van der Waals surface area contributed by atoms with E-state index < -0.39 is 0 Å². The Labute approximate surface area is 118 Å². The highest BCUT2D eigenvalue weighted by molar-refractivity contribution is 5.39. The van der Waals surface area contributed by atoms with Crippen LogP contribution in [0.4, 0.5) is 4.39 Å². The second-order valence-electron chi connectivity index (χ2n) is 4.67. The van der Waals surface area contributed by atoms with Gasteiger partial charge in [-0.1, -0.05) is 13.0 Å². The van der Waals surface area contributed by atoms with E-state index in [0.29, 0.717) is 18.0 Å². The van der Waals surface area contributed by atoms with E-state index in [9.17, 15) is 4.39 Å². The minimum Gasteiger partial charge on any atom is -0.455 e. The van der Waals surface area contributed by atoms with E-state index in [-0.39, 0.29) is 5.82 Å². The molecule has 3 nitrogen and oxygen atoms in total. The smallest absolute Gasteiger partial charge is 0.150 e. The van der Waals surface area contributed by atoms with Gasteiger partial charge in [0.1, 0.15) is 17.3 Å². The fourth-order valence-electron chi connectivity index (χ4n) is 1.85. The van der Waals surface area contributed by atoms with E-state index in [2.05, 4.69) is 17.2 Å². The third-order valence-electron chi connectivity index (χ3n) is 2.98. The number of nitrogens with one attached hydrogen (secondary N) is 1. The summed E-state index contributed by atoms with van der Waals surface area (Å²) in [7, 11) is 0. The first-order valence-electron chi connectivity index (χ1n) is 6.78. The number of rotatable bonds is 6. The Balaban J connectivity index is 2.18. The average molecular weight is 274 g/mol. The summed E-state index contributed by atoms with van der Waals surface area (Å²) in [5, 5.41) is 3.32. The number of aryl methyl sites for hydroxylation is 1. The number of pyridine rings is 1. The molecule has 0 saturated carbocycles. The molecule has 0 amide bonds. The zero-order valence-corrected chi connectivity index (χ0v) is 11.8. The maximum Gasteiger partial charge on any atom is 0.150 e. The quantitative estimate of drug-likeness (QED) is 0.813. The second kappa shape index (κ2) is 7.01. The van der Waals surface area contributed by atoms with Crippen LogP contribution in [0.1, 0.15) is 24.5 Å². The molecule has 0 fully saturated rings. The third kappa shape index (κ3) is 3.78. The molecular weight excluding hydrogens is 255 g/mol. The van der Waals surface area contributed by atoms with Gasteiger partial charge in [0.25, 0.3) is 0 Å². The van der Waals surface area contributed by atoms with Crippen LogP contribution in [0.25, 0.3) is 0 Å². The van der Waals surface area contributed by atoms with Crippen LogP contribution in [0.5, 0.6) is 11.5 Å². The fraction of sp³-hybridized carbons (Fsp3) is 0.312. The Morgan fingerprint density at radius 1 is 1.25 bits per heavy atom. The minimum atomic E-state index is -0.305. The van der Waals surface area contributed by atoms with Gasteiger partial charge >= 0.3 is 0 Å². The number of ether oxygens (including phenoxy) is 1. The standard InChI is InChI=1S/C16H19FN2O/c1-3-7-18-10-13-6-8-19-11-16(13)20-15-9-14(17)5-4-12(15)2/h4-6,8-9,11,18H,3,7,10H2,1-2H3. The van der Waals surface area contributed by atoms with E-state index in [0.717, 1.165) is 24.1 Å². The maximum absolute atomic E-state index is 13.3. The number of benzene rings is 1. The number of halogens is 1.